The highest BCUT2D eigenvalue weighted by Crippen LogP contribution is 2.22. The van der Waals surface area contributed by atoms with E-state index in [9.17, 15) is 9.50 Å². The van der Waals surface area contributed by atoms with Crippen LogP contribution < -0.4 is 5.32 Å². The van der Waals surface area contributed by atoms with Gasteiger partial charge in [-0.15, -0.1) is 0 Å². The van der Waals surface area contributed by atoms with Crippen molar-refractivity contribution < 1.29 is 14.2 Å². The van der Waals surface area contributed by atoms with Gasteiger partial charge in [-0.2, -0.15) is 4.39 Å². The Kier molecular flexibility index (Phi) is 3.08. The fourth-order valence-electron chi connectivity index (χ4n) is 1.35. The maximum atomic E-state index is 13.0. The minimum Gasteiger partial charge on any atom is -0.394 e. The molecule has 82 valence electrons. The topological polar surface area (TPSA) is 54.4 Å². The highest BCUT2D eigenvalue weighted by Gasteiger charge is 2.38. The van der Waals surface area contributed by atoms with E-state index in [0.29, 0.717) is 19.0 Å². The fourth-order valence-corrected chi connectivity index (χ4v) is 1.90. The molecule has 1 aliphatic heterocycles. The SMILES string of the molecule is OCC1(Nc2cc(I)cc(F)n2)COC1. The average Bonchev–Trinajstić information content (AvgIpc) is 2.10. The van der Waals surface area contributed by atoms with E-state index in [1.807, 2.05) is 22.6 Å². The smallest absolute Gasteiger partial charge is 0.215 e. The molecule has 1 aliphatic rings. The number of nitrogens with one attached hydrogen (secondary N) is 1. The third-order valence-corrected chi connectivity index (χ3v) is 2.83. The first-order chi connectivity index (χ1) is 7.13. The maximum absolute atomic E-state index is 13.0. The van der Waals surface area contributed by atoms with Gasteiger partial charge in [-0.1, -0.05) is 0 Å². The Morgan fingerprint density at radius 1 is 1.60 bits per heavy atom. The molecule has 0 amide bonds. The Morgan fingerprint density at radius 3 is 2.80 bits per heavy atom. The van der Waals surface area contributed by atoms with E-state index in [2.05, 4.69) is 10.3 Å². The summed E-state index contributed by atoms with van der Waals surface area (Å²) in [5.41, 5.74) is -0.496. The molecule has 2 rings (SSSR count). The van der Waals surface area contributed by atoms with Crippen molar-refractivity contribution in [3.63, 3.8) is 0 Å². The van der Waals surface area contributed by atoms with Gasteiger partial charge in [0.2, 0.25) is 5.95 Å². The highest BCUT2D eigenvalue weighted by molar-refractivity contribution is 14.1. The van der Waals surface area contributed by atoms with Crippen LogP contribution in [0.25, 0.3) is 0 Å². The summed E-state index contributed by atoms with van der Waals surface area (Å²) >= 11 is 2.01. The van der Waals surface area contributed by atoms with Gasteiger partial charge in [-0.25, -0.2) is 4.98 Å². The molecular weight excluding hydrogens is 314 g/mol. The lowest BCUT2D eigenvalue weighted by atomic mass is 9.99. The van der Waals surface area contributed by atoms with E-state index in [0.717, 1.165) is 3.57 Å². The van der Waals surface area contributed by atoms with Crippen molar-refractivity contribution >= 4 is 28.4 Å². The van der Waals surface area contributed by atoms with Crippen molar-refractivity contribution in [1.29, 1.82) is 0 Å². The molecule has 1 aromatic heterocycles. The van der Waals surface area contributed by atoms with Gasteiger partial charge in [-0.05, 0) is 28.7 Å². The molecule has 0 saturated carbocycles. The second kappa shape index (κ2) is 4.18. The molecule has 0 aliphatic carbocycles. The van der Waals surface area contributed by atoms with Crippen LogP contribution in [0.5, 0.6) is 0 Å². The number of anilines is 1. The van der Waals surface area contributed by atoms with Crippen LogP contribution in [0.2, 0.25) is 0 Å². The molecule has 0 radical (unpaired) electrons. The number of hydrogen-bond donors (Lipinski definition) is 2. The van der Waals surface area contributed by atoms with E-state index in [-0.39, 0.29) is 6.61 Å². The summed E-state index contributed by atoms with van der Waals surface area (Å²) in [5, 5.41) is 12.2. The minimum atomic E-state index is -0.530. The van der Waals surface area contributed by atoms with E-state index >= 15 is 0 Å². The van der Waals surface area contributed by atoms with Gasteiger partial charge in [0.1, 0.15) is 11.4 Å². The lowest BCUT2D eigenvalue weighted by molar-refractivity contribution is -0.0652. The molecule has 0 aromatic carbocycles. The van der Waals surface area contributed by atoms with Gasteiger partial charge < -0.3 is 15.2 Å². The highest BCUT2D eigenvalue weighted by atomic mass is 127. The van der Waals surface area contributed by atoms with Crippen LogP contribution in [-0.2, 0) is 4.74 Å². The average molecular weight is 324 g/mol. The van der Waals surface area contributed by atoms with Crippen molar-refractivity contribution in [2.24, 2.45) is 0 Å². The zero-order valence-electron chi connectivity index (χ0n) is 7.83. The number of ether oxygens (including phenoxy) is 1. The molecule has 1 fully saturated rings. The molecular formula is C9H10FIN2O2. The van der Waals surface area contributed by atoms with E-state index in [1.54, 1.807) is 6.07 Å². The van der Waals surface area contributed by atoms with Crippen LogP contribution in [0.4, 0.5) is 10.2 Å². The second-order valence-corrected chi connectivity index (χ2v) is 4.80. The predicted molar refractivity (Wildman–Crippen MR) is 61.2 cm³/mol. The number of rotatable bonds is 3. The van der Waals surface area contributed by atoms with Gasteiger partial charge in [0, 0.05) is 9.64 Å². The third-order valence-electron chi connectivity index (χ3n) is 2.21. The maximum Gasteiger partial charge on any atom is 0.215 e. The largest absolute Gasteiger partial charge is 0.394 e. The molecule has 15 heavy (non-hydrogen) atoms. The lowest BCUT2D eigenvalue weighted by Gasteiger charge is -2.40. The monoisotopic (exact) mass is 324 g/mol. The quantitative estimate of drug-likeness (QED) is 0.643. The van der Waals surface area contributed by atoms with Crippen LogP contribution in [0, 0.1) is 9.52 Å². The van der Waals surface area contributed by atoms with Crippen molar-refractivity contribution in [2.75, 3.05) is 25.1 Å². The molecule has 4 nitrogen and oxygen atoms in total. The first-order valence-electron chi connectivity index (χ1n) is 4.43. The zero-order valence-corrected chi connectivity index (χ0v) is 9.99. The van der Waals surface area contributed by atoms with Crippen molar-refractivity contribution in [2.45, 2.75) is 5.54 Å². The number of hydrogen-bond acceptors (Lipinski definition) is 4. The normalized spacial score (nSPS) is 18.3. The van der Waals surface area contributed by atoms with Gasteiger partial charge in [0.15, 0.2) is 0 Å². The number of pyridine rings is 1. The molecule has 6 heteroatoms. The zero-order chi connectivity index (χ0) is 10.9. The molecule has 1 saturated heterocycles. The summed E-state index contributed by atoms with van der Waals surface area (Å²) in [5.74, 6) is -0.102. The van der Waals surface area contributed by atoms with Crippen molar-refractivity contribution in [1.82, 2.24) is 4.98 Å². The van der Waals surface area contributed by atoms with Crippen LogP contribution in [0.1, 0.15) is 0 Å². The van der Waals surface area contributed by atoms with Crippen LogP contribution in [0.3, 0.4) is 0 Å². The van der Waals surface area contributed by atoms with E-state index < -0.39 is 11.5 Å². The molecule has 0 bridgehead atoms. The standard InChI is InChI=1S/C9H10FIN2O2/c10-7-1-6(11)2-8(12-7)13-9(3-14)4-15-5-9/h1-2,14H,3-5H2,(H,12,13). The molecule has 2 N–H and O–H groups in total. The summed E-state index contributed by atoms with van der Waals surface area (Å²) in [6.07, 6.45) is 0. The first kappa shape index (κ1) is 11.0. The van der Waals surface area contributed by atoms with Crippen LogP contribution in [0.15, 0.2) is 12.1 Å². The van der Waals surface area contributed by atoms with Gasteiger partial charge >= 0.3 is 0 Å². The second-order valence-electron chi connectivity index (χ2n) is 3.55. The molecule has 0 unspecified atom stereocenters. The van der Waals surface area contributed by atoms with E-state index in [4.69, 9.17) is 4.74 Å². The molecule has 2 heterocycles. The Morgan fingerprint density at radius 2 is 2.33 bits per heavy atom. The Labute approximate surface area is 100.0 Å². The molecule has 1 aromatic rings. The van der Waals surface area contributed by atoms with Crippen molar-refractivity contribution in [3.05, 3.63) is 21.7 Å². The van der Waals surface area contributed by atoms with Crippen LogP contribution in [-0.4, -0.2) is 35.5 Å². The Balaban J connectivity index is 2.16. The van der Waals surface area contributed by atoms with E-state index in [1.165, 1.54) is 6.07 Å². The number of aliphatic hydroxyl groups excluding tert-OH is 1. The van der Waals surface area contributed by atoms with Gasteiger partial charge in [0.05, 0.1) is 19.8 Å². The van der Waals surface area contributed by atoms with Gasteiger partial charge in [0.25, 0.3) is 0 Å². The Bertz CT molecular complexity index is 345. The number of nitrogens with zero attached hydrogens (tertiary/aromatic N) is 1. The van der Waals surface area contributed by atoms with Crippen LogP contribution >= 0.6 is 22.6 Å². The third kappa shape index (κ3) is 2.37. The predicted octanol–water partition coefficient (Wildman–Crippen LogP) is 0.999. The number of halogens is 2. The summed E-state index contributed by atoms with van der Waals surface area (Å²) in [6.45, 7) is 0.776. The summed E-state index contributed by atoms with van der Waals surface area (Å²) < 4.78 is 18.8. The lowest BCUT2D eigenvalue weighted by Crippen LogP contribution is -2.58. The first-order valence-corrected chi connectivity index (χ1v) is 5.51. The minimum absolute atomic E-state index is 0.0538. The number of aromatic nitrogens is 1. The molecule has 0 spiro atoms. The number of aliphatic hydroxyl groups is 1. The summed E-state index contributed by atoms with van der Waals surface area (Å²) in [4.78, 5) is 3.70. The summed E-state index contributed by atoms with van der Waals surface area (Å²) in [6, 6.07) is 3.06. The van der Waals surface area contributed by atoms with Gasteiger partial charge in [-0.3, -0.25) is 0 Å². The van der Waals surface area contributed by atoms with Crippen molar-refractivity contribution in [3.8, 4) is 0 Å². The fraction of sp³-hybridized carbons (Fsp3) is 0.444. The Hall–Kier alpha value is -0.470. The molecule has 0 atom stereocenters. The summed E-state index contributed by atoms with van der Waals surface area (Å²) in [7, 11) is 0.